The number of phosphoric ester groups is 1. The summed E-state index contributed by atoms with van der Waals surface area (Å²) in [5.41, 5.74) is 0. The first kappa shape index (κ1) is 57.6. The molecule has 0 radical (unpaired) electrons. The van der Waals surface area contributed by atoms with Crippen molar-refractivity contribution in [3.63, 3.8) is 0 Å². The molecule has 0 rings (SSSR count). The van der Waals surface area contributed by atoms with Crippen molar-refractivity contribution in [2.24, 2.45) is 0 Å². The van der Waals surface area contributed by atoms with Gasteiger partial charge in [-0.05, 0) is 89.9 Å². The van der Waals surface area contributed by atoms with Gasteiger partial charge in [0.2, 0.25) is 0 Å². The molecule has 0 aliphatic carbocycles. The summed E-state index contributed by atoms with van der Waals surface area (Å²) in [6.07, 6.45) is 51.7. The van der Waals surface area contributed by atoms with E-state index in [0.29, 0.717) is 30.3 Å². The molecule has 0 aromatic carbocycles. The molecule has 0 saturated carbocycles. The van der Waals surface area contributed by atoms with E-state index in [1.807, 2.05) is 33.3 Å². The zero-order chi connectivity index (χ0) is 45.1. The number of aliphatic hydroxyl groups excluding tert-OH is 1. The lowest BCUT2D eigenvalue weighted by Gasteiger charge is -2.24. The third-order valence-electron chi connectivity index (χ3n) is 8.89. The number of hydrogen-bond donors (Lipinski definition) is 2. The highest BCUT2D eigenvalue weighted by Crippen LogP contribution is 2.43. The summed E-state index contributed by atoms with van der Waals surface area (Å²) in [5.74, 6) is -1.05. The van der Waals surface area contributed by atoms with Crippen molar-refractivity contribution in [3.8, 4) is 0 Å². The van der Waals surface area contributed by atoms with Crippen LogP contribution < -0.4 is 0 Å². The molecule has 0 aromatic heterocycles. The minimum absolute atomic E-state index is 0.0116. The lowest BCUT2D eigenvalue weighted by Crippen LogP contribution is -2.37. The molecule has 346 valence electrons. The van der Waals surface area contributed by atoms with E-state index in [-0.39, 0.29) is 26.1 Å². The molecule has 0 bridgehead atoms. The van der Waals surface area contributed by atoms with Crippen LogP contribution in [-0.4, -0.2) is 86.1 Å². The van der Waals surface area contributed by atoms with Gasteiger partial charge in [-0.2, -0.15) is 0 Å². The number of hydrogen-bond acceptors (Lipinski definition) is 8. The Hall–Kier alpha value is -3.37. The molecule has 0 spiro atoms. The Kier molecular flexibility index (Phi) is 38.4. The van der Waals surface area contributed by atoms with Crippen molar-refractivity contribution in [1.29, 1.82) is 0 Å². The van der Waals surface area contributed by atoms with Crippen LogP contribution in [0.15, 0.2) is 109 Å². The van der Waals surface area contributed by atoms with Crippen LogP contribution in [0.3, 0.4) is 0 Å². The molecule has 0 aliphatic heterocycles. The summed E-state index contributed by atoms with van der Waals surface area (Å²) in [7, 11) is 1.33. The van der Waals surface area contributed by atoms with Crippen LogP contribution in [0.2, 0.25) is 0 Å². The van der Waals surface area contributed by atoms with Crippen molar-refractivity contribution in [2.75, 3.05) is 47.5 Å². The number of carbonyl (C=O) groups is 2. The highest BCUT2D eigenvalue weighted by Gasteiger charge is 2.27. The molecular weight excluding hydrogens is 790 g/mol. The maximum Gasteiger partial charge on any atom is 0.472 e. The number of phosphoric acid groups is 1. The van der Waals surface area contributed by atoms with Crippen molar-refractivity contribution in [2.45, 2.75) is 148 Å². The fourth-order valence-electron chi connectivity index (χ4n) is 5.32. The van der Waals surface area contributed by atoms with E-state index in [9.17, 15) is 24.2 Å². The molecule has 61 heavy (non-hydrogen) atoms. The van der Waals surface area contributed by atoms with Gasteiger partial charge in [-0.15, -0.1) is 0 Å². The average Bonchev–Trinajstić information content (AvgIpc) is 3.21. The van der Waals surface area contributed by atoms with Gasteiger partial charge in [-0.3, -0.25) is 18.6 Å². The van der Waals surface area contributed by atoms with Gasteiger partial charge in [0.1, 0.15) is 19.8 Å². The monoisotopic (exact) mass is 873 g/mol. The van der Waals surface area contributed by atoms with E-state index in [2.05, 4.69) is 98.9 Å². The van der Waals surface area contributed by atoms with Crippen LogP contribution in [0.5, 0.6) is 0 Å². The lowest BCUT2D eigenvalue weighted by molar-refractivity contribution is -0.870. The predicted octanol–water partition coefficient (Wildman–Crippen LogP) is 12.1. The Morgan fingerprint density at radius 2 is 1.13 bits per heavy atom. The number of quaternary nitrogens is 1. The fourth-order valence-corrected chi connectivity index (χ4v) is 6.06. The predicted molar refractivity (Wildman–Crippen MR) is 253 cm³/mol. The maximum atomic E-state index is 12.7. The molecule has 0 aromatic rings. The number of aliphatic hydroxyl groups is 1. The zero-order valence-electron chi connectivity index (χ0n) is 38.5. The molecular formula is C50H83NO9P+. The summed E-state index contributed by atoms with van der Waals surface area (Å²) in [6, 6.07) is 0. The normalized spacial score (nSPS) is 15.1. The highest BCUT2D eigenvalue weighted by atomic mass is 31.2. The second-order valence-corrected chi connectivity index (χ2v) is 17.3. The van der Waals surface area contributed by atoms with Crippen molar-refractivity contribution < 1.29 is 47.2 Å². The summed E-state index contributed by atoms with van der Waals surface area (Å²) in [5, 5.41) is 10.3. The molecule has 0 aliphatic rings. The highest BCUT2D eigenvalue weighted by molar-refractivity contribution is 7.47. The van der Waals surface area contributed by atoms with Gasteiger partial charge in [0, 0.05) is 12.8 Å². The number of unbranched alkanes of at least 4 members (excludes halogenated alkanes) is 6. The van der Waals surface area contributed by atoms with E-state index in [4.69, 9.17) is 18.5 Å². The van der Waals surface area contributed by atoms with E-state index >= 15 is 0 Å². The summed E-state index contributed by atoms with van der Waals surface area (Å²) in [4.78, 5) is 35.4. The van der Waals surface area contributed by atoms with Crippen LogP contribution in [-0.2, 0) is 32.7 Å². The minimum atomic E-state index is -4.44. The maximum absolute atomic E-state index is 12.7. The number of carbonyl (C=O) groups excluding carboxylic acids is 2. The summed E-state index contributed by atoms with van der Waals surface area (Å²) in [6.45, 7) is 3.98. The van der Waals surface area contributed by atoms with Gasteiger partial charge in [-0.25, -0.2) is 4.57 Å². The first-order valence-electron chi connectivity index (χ1n) is 22.7. The quantitative estimate of drug-likeness (QED) is 0.0155. The standard InChI is InChI=1S/C50H82NO9P/c1-6-8-10-12-14-16-18-20-21-22-23-24-25-27-29-31-33-35-37-41-50(54)60-48(46-59-61(55,56)58-44-43-51(3,4)5)45-57-49(53)42-38-40-47(52)39-36-34-32-30-28-26-19-17-15-13-11-9-7-2/h9,11,14-17,20-21,23-24,26-29,32,34,36,39,47-48,52H,6-8,10,12-13,18-19,22,25,30-31,33,35,37-38,40-46H2,1-5H3/p+1/b11-9-,16-14-,17-15-,21-20-,24-23-,28-26-,29-27-,34-32-,39-36+/t47?,48-/m1/s1. The SMILES string of the molecule is CC/C=C\C/C=C\C/C=C\C/C=C\C=C\C(O)CCCC(=O)OC[C@H](COP(=O)(O)OCC[N+](C)(C)C)OC(=O)CCCCC/C=C\C/C=C\C/C=C\C/C=C\CCCCC. The van der Waals surface area contributed by atoms with Crippen LogP contribution >= 0.6 is 7.82 Å². The Balaban J connectivity index is 4.62. The molecule has 0 amide bonds. The largest absolute Gasteiger partial charge is 0.472 e. The molecule has 0 fully saturated rings. The van der Waals surface area contributed by atoms with Gasteiger partial charge in [0.05, 0.1) is 33.9 Å². The molecule has 11 heteroatoms. The van der Waals surface area contributed by atoms with Crippen LogP contribution in [0.25, 0.3) is 0 Å². The van der Waals surface area contributed by atoms with Crippen LogP contribution in [0.4, 0.5) is 0 Å². The number of allylic oxidation sites excluding steroid dienone is 17. The lowest BCUT2D eigenvalue weighted by atomic mass is 10.1. The minimum Gasteiger partial charge on any atom is -0.462 e. The third-order valence-corrected chi connectivity index (χ3v) is 9.88. The molecule has 0 heterocycles. The first-order chi connectivity index (χ1) is 29.4. The Morgan fingerprint density at radius 3 is 1.69 bits per heavy atom. The molecule has 0 saturated heterocycles. The van der Waals surface area contributed by atoms with Crippen LogP contribution in [0.1, 0.15) is 136 Å². The van der Waals surface area contributed by atoms with Gasteiger partial charge in [0.15, 0.2) is 6.10 Å². The van der Waals surface area contributed by atoms with Crippen molar-refractivity contribution in [1.82, 2.24) is 0 Å². The van der Waals surface area contributed by atoms with E-state index in [1.165, 1.54) is 25.7 Å². The molecule has 3 atom stereocenters. The molecule has 2 unspecified atom stereocenters. The first-order valence-corrected chi connectivity index (χ1v) is 24.2. The van der Waals surface area contributed by atoms with Gasteiger partial charge >= 0.3 is 19.8 Å². The van der Waals surface area contributed by atoms with E-state index in [1.54, 1.807) is 12.2 Å². The number of rotatable bonds is 39. The van der Waals surface area contributed by atoms with Crippen molar-refractivity contribution in [3.05, 3.63) is 109 Å². The third kappa shape index (κ3) is 44.5. The number of esters is 2. The van der Waals surface area contributed by atoms with E-state index < -0.39 is 38.6 Å². The Bertz CT molecular complexity index is 1420. The van der Waals surface area contributed by atoms with Crippen LogP contribution in [0, 0.1) is 0 Å². The second kappa shape index (κ2) is 40.7. The smallest absolute Gasteiger partial charge is 0.462 e. The summed E-state index contributed by atoms with van der Waals surface area (Å²) < 4.78 is 34.1. The van der Waals surface area contributed by atoms with E-state index in [0.717, 1.165) is 64.2 Å². The van der Waals surface area contributed by atoms with Gasteiger partial charge in [0.25, 0.3) is 0 Å². The zero-order valence-corrected chi connectivity index (χ0v) is 39.4. The molecule has 2 N–H and O–H groups in total. The van der Waals surface area contributed by atoms with Gasteiger partial charge < -0.3 is 24.0 Å². The van der Waals surface area contributed by atoms with Gasteiger partial charge in [-0.1, -0.05) is 142 Å². The number of ether oxygens (including phenoxy) is 2. The summed E-state index contributed by atoms with van der Waals surface area (Å²) >= 11 is 0. The second-order valence-electron chi connectivity index (χ2n) is 15.9. The average molecular weight is 873 g/mol. The fraction of sp³-hybridized carbons (Fsp3) is 0.600. The molecule has 10 nitrogen and oxygen atoms in total. The van der Waals surface area contributed by atoms with Crippen molar-refractivity contribution >= 4 is 19.8 Å². The topological polar surface area (TPSA) is 129 Å². The Morgan fingerprint density at radius 1 is 0.607 bits per heavy atom. The number of nitrogens with zero attached hydrogens (tertiary/aromatic N) is 1. The number of likely N-dealkylation sites (N-methyl/N-ethyl adjacent to an activating group) is 1. The Labute approximate surface area is 370 Å².